The van der Waals surface area contributed by atoms with Crippen molar-refractivity contribution in [2.75, 3.05) is 7.11 Å². The van der Waals surface area contributed by atoms with E-state index in [1.54, 1.807) is 7.11 Å². The molecular weight excluding hydrogens is 410 g/mol. The summed E-state index contributed by atoms with van der Waals surface area (Å²) in [5.74, 6) is 0.870. The Morgan fingerprint density at radius 2 is 1.45 bits per heavy atom. The number of nitrogens with two attached hydrogens (primary N) is 1. The fourth-order valence-corrected chi connectivity index (χ4v) is 4.33. The standard InChI is InChI=1S/C28H23N3O2/c1-33-21-17-15-20(16-18-21)28(25-14-8-7-13-24(25)26(29)30-28)31-27(32)23-12-6-5-11-22(23)19-9-3-2-4-10-19/h2-18H,1H3,(H2,29,30)(H,31,32). The number of aliphatic imine (C=N–C) groups is 1. The van der Waals surface area contributed by atoms with Crippen molar-refractivity contribution in [1.29, 1.82) is 0 Å². The molecule has 162 valence electrons. The molecule has 1 aliphatic rings. The average molecular weight is 434 g/mol. The second-order valence-electron chi connectivity index (χ2n) is 7.85. The molecule has 0 aromatic heterocycles. The monoisotopic (exact) mass is 433 g/mol. The maximum absolute atomic E-state index is 13.8. The van der Waals surface area contributed by atoms with Gasteiger partial charge in [-0.3, -0.25) is 4.79 Å². The summed E-state index contributed by atoms with van der Waals surface area (Å²) in [7, 11) is 1.62. The fourth-order valence-electron chi connectivity index (χ4n) is 4.33. The second-order valence-corrected chi connectivity index (χ2v) is 7.85. The van der Waals surface area contributed by atoms with Crippen LogP contribution in [0.1, 0.15) is 27.0 Å². The molecule has 5 nitrogen and oxygen atoms in total. The Labute approximate surface area is 192 Å². The molecule has 0 saturated carbocycles. The molecule has 33 heavy (non-hydrogen) atoms. The van der Waals surface area contributed by atoms with Crippen molar-refractivity contribution >= 4 is 11.7 Å². The summed E-state index contributed by atoms with van der Waals surface area (Å²) in [6, 6.07) is 32.7. The quantitative estimate of drug-likeness (QED) is 0.478. The lowest BCUT2D eigenvalue weighted by molar-refractivity contribution is 0.0917. The van der Waals surface area contributed by atoms with Gasteiger partial charge in [-0.1, -0.05) is 84.9 Å². The van der Waals surface area contributed by atoms with Crippen LogP contribution in [0.3, 0.4) is 0 Å². The van der Waals surface area contributed by atoms with Crippen LogP contribution in [0.4, 0.5) is 0 Å². The van der Waals surface area contributed by atoms with Gasteiger partial charge >= 0.3 is 0 Å². The Kier molecular flexibility index (Phi) is 5.15. The molecule has 4 aromatic rings. The predicted octanol–water partition coefficient (Wildman–Crippen LogP) is 4.71. The predicted molar refractivity (Wildman–Crippen MR) is 130 cm³/mol. The maximum atomic E-state index is 13.8. The number of nitrogens with zero attached hydrogens (tertiary/aromatic N) is 1. The van der Waals surface area contributed by atoms with Crippen molar-refractivity contribution in [2.45, 2.75) is 5.66 Å². The number of carbonyl (C=O) groups is 1. The van der Waals surface area contributed by atoms with E-state index in [0.29, 0.717) is 11.4 Å². The summed E-state index contributed by atoms with van der Waals surface area (Å²) < 4.78 is 5.32. The van der Waals surface area contributed by atoms with E-state index >= 15 is 0 Å². The van der Waals surface area contributed by atoms with E-state index in [2.05, 4.69) is 5.32 Å². The van der Waals surface area contributed by atoms with Gasteiger partial charge in [0.25, 0.3) is 5.91 Å². The van der Waals surface area contributed by atoms with Crippen LogP contribution in [0.15, 0.2) is 108 Å². The van der Waals surface area contributed by atoms with Crippen molar-refractivity contribution in [1.82, 2.24) is 5.32 Å². The summed E-state index contributed by atoms with van der Waals surface area (Å²) in [6.07, 6.45) is 0. The smallest absolute Gasteiger partial charge is 0.254 e. The minimum atomic E-state index is -1.15. The topological polar surface area (TPSA) is 76.7 Å². The lowest BCUT2D eigenvalue weighted by atomic mass is 9.89. The minimum absolute atomic E-state index is 0.237. The molecule has 5 heteroatoms. The zero-order chi connectivity index (χ0) is 22.8. The number of ether oxygens (including phenoxy) is 1. The van der Waals surface area contributed by atoms with Crippen LogP contribution in [0.2, 0.25) is 0 Å². The van der Waals surface area contributed by atoms with Gasteiger partial charge in [0.15, 0.2) is 5.66 Å². The fraction of sp³-hybridized carbons (Fsp3) is 0.0714. The zero-order valence-corrected chi connectivity index (χ0v) is 18.2. The van der Waals surface area contributed by atoms with E-state index in [1.807, 2.05) is 103 Å². The number of hydrogen-bond donors (Lipinski definition) is 2. The summed E-state index contributed by atoms with van der Waals surface area (Å²) in [5, 5.41) is 3.21. The molecule has 3 N–H and O–H groups in total. The van der Waals surface area contributed by atoms with E-state index in [9.17, 15) is 4.79 Å². The molecule has 1 amide bonds. The number of amidine groups is 1. The van der Waals surface area contributed by atoms with Gasteiger partial charge in [-0.25, -0.2) is 4.99 Å². The Hall–Kier alpha value is -4.38. The Balaban J connectivity index is 1.63. The third-order valence-electron chi connectivity index (χ3n) is 5.94. The highest BCUT2D eigenvalue weighted by Gasteiger charge is 2.42. The number of fused-ring (bicyclic) bond motifs is 1. The molecule has 0 bridgehead atoms. The van der Waals surface area contributed by atoms with Crippen LogP contribution in [0.5, 0.6) is 5.75 Å². The first-order chi connectivity index (χ1) is 16.1. The van der Waals surface area contributed by atoms with Gasteiger partial charge in [0.05, 0.1) is 7.11 Å². The van der Waals surface area contributed by atoms with Crippen molar-refractivity contribution in [3.63, 3.8) is 0 Å². The summed E-state index contributed by atoms with van der Waals surface area (Å²) in [4.78, 5) is 18.6. The molecule has 1 atom stereocenters. The van der Waals surface area contributed by atoms with E-state index in [0.717, 1.165) is 33.6 Å². The number of hydrogen-bond acceptors (Lipinski definition) is 4. The van der Waals surface area contributed by atoms with E-state index in [4.69, 9.17) is 15.5 Å². The number of amides is 1. The van der Waals surface area contributed by atoms with Gasteiger partial charge in [-0.05, 0) is 29.3 Å². The molecule has 0 saturated heterocycles. The molecule has 1 heterocycles. The van der Waals surface area contributed by atoms with E-state index < -0.39 is 5.66 Å². The van der Waals surface area contributed by atoms with Gasteiger partial charge in [-0.15, -0.1) is 0 Å². The SMILES string of the molecule is COc1ccc(C2(NC(=O)c3ccccc3-c3ccccc3)N=C(N)c3ccccc32)cc1. The molecule has 0 fully saturated rings. The van der Waals surface area contributed by atoms with Gasteiger partial charge in [0.1, 0.15) is 11.6 Å². The Morgan fingerprint density at radius 3 is 2.18 bits per heavy atom. The van der Waals surface area contributed by atoms with Crippen LogP contribution >= 0.6 is 0 Å². The number of nitrogens with one attached hydrogen (secondary N) is 1. The molecular formula is C28H23N3O2. The van der Waals surface area contributed by atoms with Crippen LogP contribution in [0.25, 0.3) is 11.1 Å². The van der Waals surface area contributed by atoms with Crippen molar-refractivity contribution < 1.29 is 9.53 Å². The number of rotatable bonds is 5. The highest BCUT2D eigenvalue weighted by atomic mass is 16.5. The van der Waals surface area contributed by atoms with Gasteiger partial charge in [0.2, 0.25) is 0 Å². The molecule has 5 rings (SSSR count). The highest BCUT2D eigenvalue weighted by molar-refractivity contribution is 6.05. The molecule has 1 aliphatic heterocycles. The lowest BCUT2D eigenvalue weighted by Crippen LogP contribution is -2.44. The van der Waals surface area contributed by atoms with Crippen LogP contribution in [-0.4, -0.2) is 18.9 Å². The summed E-state index contributed by atoms with van der Waals surface area (Å²) in [6.45, 7) is 0. The third kappa shape index (κ3) is 3.53. The van der Waals surface area contributed by atoms with Gasteiger partial charge in [0, 0.05) is 22.3 Å². The van der Waals surface area contributed by atoms with Crippen molar-refractivity contribution in [2.24, 2.45) is 10.7 Å². The van der Waals surface area contributed by atoms with Crippen molar-refractivity contribution in [3.05, 3.63) is 125 Å². The first-order valence-electron chi connectivity index (χ1n) is 10.7. The Bertz CT molecular complexity index is 1350. The van der Waals surface area contributed by atoms with E-state index in [1.165, 1.54) is 0 Å². The lowest BCUT2D eigenvalue weighted by Gasteiger charge is -2.30. The largest absolute Gasteiger partial charge is 0.497 e. The number of carbonyl (C=O) groups excluding carboxylic acids is 1. The van der Waals surface area contributed by atoms with Gasteiger partial charge in [-0.2, -0.15) is 0 Å². The minimum Gasteiger partial charge on any atom is -0.497 e. The van der Waals surface area contributed by atoms with E-state index in [-0.39, 0.29) is 5.91 Å². The molecule has 4 aromatic carbocycles. The summed E-state index contributed by atoms with van der Waals surface area (Å²) in [5.41, 5.74) is 10.00. The maximum Gasteiger partial charge on any atom is 0.254 e. The molecule has 0 radical (unpaired) electrons. The van der Waals surface area contributed by atoms with Crippen molar-refractivity contribution in [3.8, 4) is 16.9 Å². The first-order valence-corrected chi connectivity index (χ1v) is 10.7. The number of benzene rings is 4. The third-order valence-corrected chi connectivity index (χ3v) is 5.94. The molecule has 0 aliphatic carbocycles. The highest BCUT2D eigenvalue weighted by Crippen LogP contribution is 2.39. The summed E-state index contributed by atoms with van der Waals surface area (Å²) >= 11 is 0. The second kappa shape index (κ2) is 8.28. The van der Waals surface area contributed by atoms with Gasteiger partial charge < -0.3 is 15.8 Å². The average Bonchev–Trinajstić information content (AvgIpc) is 3.17. The van der Waals surface area contributed by atoms with Crippen LogP contribution < -0.4 is 15.8 Å². The first kappa shape index (κ1) is 20.5. The molecule has 1 unspecified atom stereocenters. The normalized spacial score (nSPS) is 16.6. The Morgan fingerprint density at radius 1 is 0.818 bits per heavy atom. The van der Waals surface area contributed by atoms with Crippen LogP contribution in [0, 0.1) is 0 Å². The van der Waals surface area contributed by atoms with Crippen LogP contribution in [-0.2, 0) is 5.66 Å². The zero-order valence-electron chi connectivity index (χ0n) is 18.2. The number of methoxy groups -OCH3 is 1. The molecule has 0 spiro atoms.